The molecule has 0 aliphatic carbocycles. The van der Waals surface area contributed by atoms with Crippen LogP contribution in [0.15, 0.2) is 12.2 Å². The average Bonchev–Trinajstić information content (AvgIpc) is 2.91. The molecule has 2 atom stereocenters. The topological polar surface area (TPSA) is 38.3 Å². The van der Waals surface area contributed by atoms with E-state index in [9.17, 15) is 9.18 Å². The van der Waals surface area contributed by atoms with Crippen molar-refractivity contribution in [3.05, 3.63) is 12.2 Å². The van der Waals surface area contributed by atoms with Crippen LogP contribution in [-0.4, -0.2) is 24.9 Å². The molecular formula is C19H34FNO2. The van der Waals surface area contributed by atoms with Crippen molar-refractivity contribution in [1.29, 1.82) is 0 Å². The van der Waals surface area contributed by atoms with Crippen LogP contribution in [0.25, 0.3) is 0 Å². The Morgan fingerprint density at radius 1 is 1.00 bits per heavy atom. The van der Waals surface area contributed by atoms with E-state index in [1.807, 2.05) is 12.2 Å². The molecular weight excluding hydrogens is 293 g/mol. The van der Waals surface area contributed by atoms with Crippen LogP contribution in [0.5, 0.6) is 0 Å². The summed E-state index contributed by atoms with van der Waals surface area (Å²) in [6.07, 6.45) is 18.5. The predicted molar refractivity (Wildman–Crippen MR) is 93.4 cm³/mol. The molecule has 1 fully saturated rings. The number of hydrogen-bond donors (Lipinski definition) is 1. The third-order valence-electron chi connectivity index (χ3n) is 4.41. The summed E-state index contributed by atoms with van der Waals surface area (Å²) in [5.74, 6) is 0. The summed E-state index contributed by atoms with van der Waals surface area (Å²) in [6, 6.07) is -0.518. The minimum Gasteiger partial charge on any atom is -0.440 e. The van der Waals surface area contributed by atoms with Gasteiger partial charge in [0, 0.05) is 0 Å². The van der Waals surface area contributed by atoms with E-state index in [1.165, 1.54) is 64.2 Å². The van der Waals surface area contributed by atoms with Crippen LogP contribution in [0.3, 0.4) is 0 Å². The zero-order valence-corrected chi connectivity index (χ0v) is 14.7. The highest BCUT2D eigenvalue weighted by Gasteiger charge is 2.31. The number of cyclic esters (lactones) is 1. The molecule has 0 aromatic rings. The molecule has 0 saturated carbocycles. The van der Waals surface area contributed by atoms with Crippen LogP contribution in [-0.2, 0) is 4.74 Å². The van der Waals surface area contributed by atoms with Gasteiger partial charge in [-0.1, -0.05) is 77.2 Å². The molecule has 1 rings (SSSR count). The van der Waals surface area contributed by atoms with Gasteiger partial charge in [-0.3, -0.25) is 0 Å². The first-order valence-corrected chi connectivity index (χ1v) is 9.47. The number of amides is 1. The van der Waals surface area contributed by atoms with E-state index >= 15 is 0 Å². The van der Waals surface area contributed by atoms with E-state index in [4.69, 9.17) is 4.74 Å². The van der Waals surface area contributed by atoms with Gasteiger partial charge >= 0.3 is 6.09 Å². The zero-order chi connectivity index (χ0) is 16.8. The highest BCUT2D eigenvalue weighted by atomic mass is 19.1. The van der Waals surface area contributed by atoms with Gasteiger partial charge in [0.05, 0.1) is 0 Å². The molecule has 1 amide bonds. The van der Waals surface area contributed by atoms with Crippen LogP contribution in [0.4, 0.5) is 9.18 Å². The number of carbonyl (C=O) groups excluding carboxylic acids is 1. The highest BCUT2D eigenvalue weighted by molar-refractivity contribution is 5.70. The largest absolute Gasteiger partial charge is 0.440 e. The number of halogens is 1. The van der Waals surface area contributed by atoms with Gasteiger partial charge in [-0.25, -0.2) is 9.18 Å². The lowest BCUT2D eigenvalue weighted by Crippen LogP contribution is -2.32. The number of alkyl halides is 1. The van der Waals surface area contributed by atoms with Crippen molar-refractivity contribution in [1.82, 2.24) is 5.32 Å². The summed E-state index contributed by atoms with van der Waals surface area (Å²) in [5.41, 5.74) is 0. The van der Waals surface area contributed by atoms with Crippen LogP contribution in [0, 0.1) is 0 Å². The van der Waals surface area contributed by atoms with Crippen molar-refractivity contribution in [2.75, 3.05) is 6.67 Å². The Labute approximate surface area is 141 Å². The molecule has 134 valence electrons. The van der Waals surface area contributed by atoms with Gasteiger partial charge in [0.1, 0.15) is 18.8 Å². The Balaban J connectivity index is 1.88. The normalized spacial score (nSPS) is 20.9. The molecule has 0 unspecified atom stereocenters. The number of rotatable bonds is 14. The van der Waals surface area contributed by atoms with Gasteiger partial charge in [-0.15, -0.1) is 0 Å². The van der Waals surface area contributed by atoms with Crippen LogP contribution in [0.2, 0.25) is 0 Å². The monoisotopic (exact) mass is 327 g/mol. The van der Waals surface area contributed by atoms with E-state index in [1.54, 1.807) is 0 Å². The van der Waals surface area contributed by atoms with Gasteiger partial charge in [0.15, 0.2) is 0 Å². The molecule has 1 saturated heterocycles. The third kappa shape index (κ3) is 9.62. The minimum atomic E-state index is -0.584. The molecule has 0 bridgehead atoms. The second-order valence-corrected chi connectivity index (χ2v) is 6.53. The molecule has 3 nitrogen and oxygen atoms in total. The lowest BCUT2D eigenvalue weighted by atomic mass is 10.0. The van der Waals surface area contributed by atoms with Crippen molar-refractivity contribution < 1.29 is 13.9 Å². The standard InChI is InChI=1S/C19H34FNO2/c1-2-3-4-5-6-7-8-9-10-11-12-13-14-15-18-17(16-20)21-19(22)23-18/h14-15,17-18H,2-13,16H2,1H3,(H,21,22)/t17-,18+/m0/s1. The van der Waals surface area contributed by atoms with E-state index in [-0.39, 0.29) is 0 Å². The Bertz CT molecular complexity index is 333. The Morgan fingerprint density at radius 2 is 1.57 bits per heavy atom. The fourth-order valence-electron chi connectivity index (χ4n) is 2.93. The first kappa shape index (κ1) is 20.0. The fraction of sp³-hybridized carbons (Fsp3) is 0.842. The maximum absolute atomic E-state index is 12.7. The Kier molecular flexibility index (Phi) is 11.6. The summed E-state index contributed by atoms with van der Waals surface area (Å²) < 4.78 is 17.7. The molecule has 4 heteroatoms. The van der Waals surface area contributed by atoms with Crippen LogP contribution in [0.1, 0.15) is 84.0 Å². The van der Waals surface area contributed by atoms with Gasteiger partial charge in [-0.2, -0.15) is 0 Å². The van der Waals surface area contributed by atoms with E-state index in [0.29, 0.717) is 0 Å². The fourth-order valence-corrected chi connectivity index (χ4v) is 2.93. The third-order valence-corrected chi connectivity index (χ3v) is 4.41. The smallest absolute Gasteiger partial charge is 0.408 e. The summed E-state index contributed by atoms with van der Waals surface area (Å²) in [5, 5.41) is 2.46. The lowest BCUT2D eigenvalue weighted by Gasteiger charge is -2.08. The Hall–Kier alpha value is -1.06. The minimum absolute atomic E-state index is 0.444. The molecule has 0 spiro atoms. The number of hydrogen-bond acceptors (Lipinski definition) is 2. The number of unbranched alkanes of at least 4 members (excludes halogenated alkanes) is 11. The van der Waals surface area contributed by atoms with Crippen molar-refractivity contribution in [2.24, 2.45) is 0 Å². The second kappa shape index (κ2) is 13.4. The summed E-state index contributed by atoms with van der Waals surface area (Å²) in [4.78, 5) is 11.0. The Morgan fingerprint density at radius 3 is 2.13 bits per heavy atom. The SMILES string of the molecule is CCCCCCCCCCCCCC=C[C@H]1OC(=O)N[C@H]1CF. The van der Waals surface area contributed by atoms with Gasteiger partial charge in [0.2, 0.25) is 0 Å². The number of allylic oxidation sites excluding steroid dienone is 1. The first-order valence-electron chi connectivity index (χ1n) is 9.47. The molecule has 1 N–H and O–H groups in total. The zero-order valence-electron chi connectivity index (χ0n) is 14.7. The van der Waals surface area contributed by atoms with Crippen molar-refractivity contribution in [3.63, 3.8) is 0 Å². The number of alkyl carbamates (subject to hydrolysis) is 1. The molecule has 0 aromatic carbocycles. The second-order valence-electron chi connectivity index (χ2n) is 6.53. The summed E-state index contributed by atoms with van der Waals surface area (Å²) in [6.45, 7) is 1.67. The van der Waals surface area contributed by atoms with Crippen molar-refractivity contribution in [3.8, 4) is 0 Å². The van der Waals surface area contributed by atoms with Crippen molar-refractivity contribution in [2.45, 2.75) is 96.1 Å². The van der Waals surface area contributed by atoms with E-state index in [0.717, 1.165) is 12.8 Å². The molecule has 1 aliphatic heterocycles. The highest BCUT2D eigenvalue weighted by Crippen LogP contribution is 2.14. The molecule has 0 aromatic heterocycles. The number of nitrogens with one attached hydrogen (secondary N) is 1. The maximum Gasteiger partial charge on any atom is 0.408 e. The quantitative estimate of drug-likeness (QED) is 0.329. The maximum atomic E-state index is 12.7. The molecule has 0 radical (unpaired) electrons. The van der Waals surface area contributed by atoms with Crippen LogP contribution < -0.4 is 5.32 Å². The lowest BCUT2D eigenvalue weighted by molar-refractivity contribution is 0.150. The first-order chi connectivity index (χ1) is 11.3. The number of carbonyl (C=O) groups is 1. The van der Waals surface area contributed by atoms with E-state index < -0.39 is 24.9 Å². The predicted octanol–water partition coefficient (Wildman–Crippen LogP) is 5.69. The molecule has 1 aliphatic rings. The summed E-state index contributed by atoms with van der Waals surface area (Å²) in [7, 11) is 0. The average molecular weight is 327 g/mol. The van der Waals surface area contributed by atoms with Gasteiger partial charge in [-0.05, 0) is 18.9 Å². The van der Waals surface area contributed by atoms with Gasteiger partial charge < -0.3 is 10.1 Å². The van der Waals surface area contributed by atoms with E-state index in [2.05, 4.69) is 12.2 Å². The number of ether oxygens (including phenoxy) is 1. The van der Waals surface area contributed by atoms with Crippen LogP contribution >= 0.6 is 0 Å². The molecule has 23 heavy (non-hydrogen) atoms. The van der Waals surface area contributed by atoms with Gasteiger partial charge in [0.25, 0.3) is 0 Å². The molecule has 1 heterocycles. The summed E-state index contributed by atoms with van der Waals surface area (Å²) >= 11 is 0. The van der Waals surface area contributed by atoms with Crippen molar-refractivity contribution >= 4 is 6.09 Å².